The van der Waals surface area contributed by atoms with E-state index in [2.05, 4.69) is 5.32 Å². The molecule has 2 aromatic rings. The van der Waals surface area contributed by atoms with Gasteiger partial charge in [-0.1, -0.05) is 24.3 Å². The molecule has 28 heavy (non-hydrogen) atoms. The van der Waals surface area contributed by atoms with E-state index in [-0.39, 0.29) is 11.6 Å². The highest BCUT2D eigenvalue weighted by Gasteiger charge is 2.27. The molecule has 2 atom stereocenters. The number of carbonyl (C=O) groups is 1. The molecule has 0 aliphatic carbocycles. The van der Waals surface area contributed by atoms with Crippen LogP contribution in [0.5, 0.6) is 0 Å². The molecule has 2 heterocycles. The maximum atomic E-state index is 13.1. The molecule has 0 radical (unpaired) electrons. The van der Waals surface area contributed by atoms with Crippen LogP contribution in [0.15, 0.2) is 47.4 Å². The summed E-state index contributed by atoms with van der Waals surface area (Å²) < 4.78 is 39.6. The van der Waals surface area contributed by atoms with Gasteiger partial charge in [-0.3, -0.25) is 14.0 Å². The van der Waals surface area contributed by atoms with Crippen molar-refractivity contribution in [2.45, 2.75) is 25.0 Å². The molecule has 1 aromatic heterocycles. The number of halogens is 3. The number of rotatable bonds is 8. The van der Waals surface area contributed by atoms with Gasteiger partial charge < -0.3 is 15.0 Å². The monoisotopic (exact) mass is 394 g/mol. The Hall–Kier alpha value is -2.45. The van der Waals surface area contributed by atoms with Crippen molar-refractivity contribution in [3.63, 3.8) is 0 Å². The molecule has 3 rings (SSSR count). The van der Waals surface area contributed by atoms with Crippen LogP contribution in [0, 0.1) is 5.92 Å². The number of alkyl halides is 3. The highest BCUT2D eigenvalue weighted by molar-refractivity contribution is 5.81. The van der Waals surface area contributed by atoms with Crippen molar-refractivity contribution in [1.29, 1.82) is 0 Å². The van der Waals surface area contributed by atoms with Gasteiger partial charge in [0.2, 0.25) is 0 Å². The molecule has 0 spiro atoms. The molecule has 1 saturated heterocycles. The average Bonchev–Trinajstić information content (AvgIpc) is 2.65. The topological polar surface area (TPSA) is 71.3 Å². The van der Waals surface area contributed by atoms with Crippen molar-refractivity contribution in [3.8, 4) is 11.1 Å². The second-order valence-electron chi connectivity index (χ2n) is 6.93. The molecule has 8 heteroatoms. The van der Waals surface area contributed by atoms with Crippen LogP contribution in [-0.2, 0) is 4.79 Å². The first kappa shape index (κ1) is 20.3. The first-order valence-electron chi connectivity index (χ1n) is 8.99. The third-order valence-corrected chi connectivity index (χ3v) is 5.04. The summed E-state index contributed by atoms with van der Waals surface area (Å²) in [6.07, 6.45) is -3.55. The maximum Gasteiger partial charge on any atom is 0.295 e. The first-order valence-corrected chi connectivity index (χ1v) is 8.99. The number of carbonyl (C=O) groups excluding carboxylic acids is 1. The van der Waals surface area contributed by atoms with E-state index in [1.807, 2.05) is 6.07 Å². The van der Waals surface area contributed by atoms with Crippen molar-refractivity contribution < 1.29 is 23.1 Å². The van der Waals surface area contributed by atoms with Gasteiger partial charge in [0.15, 0.2) is 5.78 Å². The van der Waals surface area contributed by atoms with Crippen molar-refractivity contribution in [2.75, 3.05) is 19.8 Å². The number of pyridine rings is 1. The Labute approximate surface area is 159 Å². The van der Waals surface area contributed by atoms with Gasteiger partial charge in [-0.15, -0.1) is 0 Å². The normalized spacial score (nSPS) is 16.6. The highest BCUT2D eigenvalue weighted by Crippen LogP contribution is 2.28. The number of hydrogen-bond acceptors (Lipinski definition) is 4. The number of benzene rings is 1. The summed E-state index contributed by atoms with van der Waals surface area (Å²) in [6.45, 7) is 0.431. The third kappa shape index (κ3) is 4.34. The van der Waals surface area contributed by atoms with Gasteiger partial charge in [-0.2, -0.15) is 0 Å². The van der Waals surface area contributed by atoms with Crippen LogP contribution in [-0.4, -0.2) is 41.6 Å². The minimum absolute atomic E-state index is 0.115. The predicted molar refractivity (Wildman–Crippen MR) is 98.1 cm³/mol. The second kappa shape index (κ2) is 8.70. The summed E-state index contributed by atoms with van der Waals surface area (Å²) in [6, 6.07) is 9.90. The molecule has 2 N–H and O–H groups in total. The number of aromatic nitrogens is 1. The number of hydrogen-bond donors (Lipinski definition) is 2. The zero-order valence-corrected chi connectivity index (χ0v) is 15.0. The average molecular weight is 394 g/mol. The smallest absolute Gasteiger partial charge is 0.295 e. The molecule has 0 bridgehead atoms. The number of ketones is 1. The first-order chi connectivity index (χ1) is 13.4. The van der Waals surface area contributed by atoms with E-state index in [1.54, 1.807) is 22.9 Å². The molecule has 1 fully saturated rings. The van der Waals surface area contributed by atoms with Gasteiger partial charge in [0.25, 0.3) is 12.0 Å². The molecular weight excluding hydrogens is 373 g/mol. The molecule has 0 unspecified atom stereocenters. The third-order valence-electron chi connectivity index (χ3n) is 5.04. The van der Waals surface area contributed by atoms with E-state index in [0.29, 0.717) is 11.1 Å². The minimum Gasteiger partial charge on any atom is -0.388 e. The fourth-order valence-corrected chi connectivity index (χ4v) is 3.18. The maximum absolute atomic E-state index is 13.1. The summed E-state index contributed by atoms with van der Waals surface area (Å²) in [5.41, 5.74) is 1.63. The summed E-state index contributed by atoms with van der Waals surface area (Å²) in [5, 5.41) is 13.4. The minimum atomic E-state index is -3.18. The van der Waals surface area contributed by atoms with Crippen molar-refractivity contribution in [2.24, 2.45) is 5.92 Å². The zero-order chi connectivity index (χ0) is 20.3. The number of nitrogens with one attached hydrogen (secondary N) is 1. The van der Waals surface area contributed by atoms with Gasteiger partial charge in [0.1, 0.15) is 0 Å². The Balaban J connectivity index is 1.74. The quantitative estimate of drug-likeness (QED) is 0.722. The van der Waals surface area contributed by atoms with Crippen LogP contribution < -0.4 is 10.9 Å². The van der Waals surface area contributed by atoms with E-state index >= 15 is 0 Å². The van der Waals surface area contributed by atoms with Crippen molar-refractivity contribution in [1.82, 2.24) is 9.88 Å². The molecule has 5 nitrogen and oxygen atoms in total. The largest absolute Gasteiger partial charge is 0.388 e. The molecule has 0 amide bonds. The molecule has 1 aromatic carbocycles. The van der Waals surface area contributed by atoms with Crippen LogP contribution >= 0.6 is 0 Å². The van der Waals surface area contributed by atoms with E-state index < -0.39 is 37.3 Å². The lowest BCUT2D eigenvalue weighted by Crippen LogP contribution is -2.46. The summed E-state index contributed by atoms with van der Waals surface area (Å²) in [4.78, 5) is 23.4. The van der Waals surface area contributed by atoms with Crippen molar-refractivity contribution in [3.05, 3.63) is 58.5 Å². The summed E-state index contributed by atoms with van der Waals surface area (Å²) in [7, 11) is 0. The van der Waals surface area contributed by atoms with Gasteiger partial charge in [-0.05, 0) is 22.8 Å². The predicted octanol–water partition coefficient (Wildman–Crippen LogP) is 2.50. The van der Waals surface area contributed by atoms with Gasteiger partial charge in [-0.25, -0.2) is 8.78 Å². The molecular formula is C20H21F3N2O3. The molecule has 1 aliphatic heterocycles. The Bertz CT molecular complexity index is 879. The van der Waals surface area contributed by atoms with Crippen LogP contribution in [0.25, 0.3) is 11.1 Å². The summed E-state index contributed by atoms with van der Waals surface area (Å²) in [5.74, 6) is -2.62. The van der Waals surface area contributed by atoms with Gasteiger partial charge in [0.05, 0.1) is 18.8 Å². The Kier molecular flexibility index (Phi) is 6.31. The molecule has 1 aliphatic rings. The lowest BCUT2D eigenvalue weighted by atomic mass is 9.91. The van der Waals surface area contributed by atoms with E-state index in [9.17, 15) is 27.9 Å². The fraction of sp³-hybridized carbons (Fsp3) is 0.400. The van der Waals surface area contributed by atoms with E-state index in [1.165, 1.54) is 18.2 Å². The lowest BCUT2D eigenvalue weighted by Gasteiger charge is -2.29. The second-order valence-corrected chi connectivity index (χ2v) is 6.93. The lowest BCUT2D eigenvalue weighted by molar-refractivity contribution is -0.131. The molecule has 150 valence electrons. The van der Waals surface area contributed by atoms with Gasteiger partial charge in [0, 0.05) is 37.7 Å². The number of nitrogens with zero attached hydrogens (tertiary/aromatic N) is 1. The van der Waals surface area contributed by atoms with E-state index in [4.69, 9.17) is 0 Å². The zero-order valence-electron chi connectivity index (χ0n) is 15.0. The number of Topliss-reactive ketones (excluding diaryl/α,β-unsaturated/α-hetero) is 1. The molecule has 0 saturated carbocycles. The van der Waals surface area contributed by atoms with Crippen LogP contribution in [0.3, 0.4) is 0 Å². The number of aliphatic hydroxyl groups is 1. The summed E-state index contributed by atoms with van der Waals surface area (Å²) >= 11 is 0. The highest BCUT2D eigenvalue weighted by atomic mass is 19.3. The Morgan fingerprint density at radius 3 is 2.36 bits per heavy atom. The van der Waals surface area contributed by atoms with E-state index in [0.717, 1.165) is 18.7 Å². The van der Waals surface area contributed by atoms with Crippen LogP contribution in [0.2, 0.25) is 0 Å². The SMILES string of the molecule is O=C(C[C@H](CF)[C@H](O)c1ccc(-c2ccn(C3CNC3)c(=O)c2)cc1)C(F)F. The van der Waals surface area contributed by atoms with Crippen molar-refractivity contribution >= 4 is 5.78 Å². The standard InChI is InChI=1S/C20H21F3N2O3/c21-9-15(7-17(26)20(22)23)19(28)13-3-1-12(2-4-13)14-5-6-25(18(27)8-14)16-10-24-11-16/h1-6,8,15-16,19-20,24,28H,7,9-11H2/t15-,19-/m1/s1. The van der Waals surface area contributed by atoms with Crippen LogP contribution in [0.1, 0.15) is 24.1 Å². The Morgan fingerprint density at radius 1 is 1.18 bits per heavy atom. The van der Waals surface area contributed by atoms with Gasteiger partial charge >= 0.3 is 0 Å². The Morgan fingerprint density at radius 2 is 1.86 bits per heavy atom. The fourth-order valence-electron chi connectivity index (χ4n) is 3.18. The number of aliphatic hydroxyl groups excluding tert-OH is 1. The van der Waals surface area contributed by atoms with Crippen LogP contribution in [0.4, 0.5) is 13.2 Å².